The Labute approximate surface area is 441 Å². The van der Waals surface area contributed by atoms with Gasteiger partial charge in [-0.2, -0.15) is 0 Å². The van der Waals surface area contributed by atoms with E-state index >= 15 is 0 Å². The normalized spacial score (nSPS) is 39.1. The molecule has 0 bridgehead atoms. The standard InChI is InChI=1S/C61H88N2O11/c1-36(11-22-52(66)69-9)46-20-21-48-54-49(34-51(65)60(46,48)7)58(5)25-23-42(32-39(58)33-50(54)72-56(68)71-29-10-27-62-55(67)73-57(2,3)4)70-30-28-63(8)40-15-12-37(13-16-40)45-35-61-47(24-26-59(61,6)74-61)44-18-14-38-31-41(64)17-19-43(38)53(44)45/h12-13,15-16,31,36,39,42,44-51,54,65H,10-11,14,17-30,32-35H2,1-9H3,(H,62,67)/t36-,39+,42+,44?,45-,46?,47?,48+,49+,50-,51+,54+,58+,59+,60-,61-/m1/s1. The van der Waals surface area contributed by atoms with Crippen LogP contribution in [0.3, 0.4) is 0 Å². The average molecular weight is 1030 g/mol. The molecule has 74 heavy (non-hydrogen) atoms. The Hall–Kier alpha value is -3.94. The van der Waals surface area contributed by atoms with Gasteiger partial charge in [0.1, 0.15) is 17.3 Å². The zero-order chi connectivity index (χ0) is 52.5. The van der Waals surface area contributed by atoms with Crippen LogP contribution in [0.2, 0.25) is 0 Å². The summed E-state index contributed by atoms with van der Waals surface area (Å²) in [4.78, 5) is 52.9. The van der Waals surface area contributed by atoms with E-state index in [2.05, 4.69) is 69.2 Å². The van der Waals surface area contributed by atoms with Crippen molar-refractivity contribution >= 4 is 29.7 Å². The maximum atomic E-state index is 13.7. The summed E-state index contributed by atoms with van der Waals surface area (Å²) in [7, 11) is 3.58. The fourth-order valence-corrected chi connectivity index (χ4v) is 17.7. The number of aliphatic hydroxyl groups excluding tert-OH is 1. The largest absolute Gasteiger partial charge is 0.508 e. The van der Waals surface area contributed by atoms with Crippen molar-refractivity contribution in [2.24, 2.45) is 58.2 Å². The Kier molecular flexibility index (Phi) is 14.8. The summed E-state index contributed by atoms with van der Waals surface area (Å²) < 4.78 is 36.0. The Bertz CT molecular complexity index is 2360. The first-order chi connectivity index (χ1) is 35.2. The second-order valence-corrected chi connectivity index (χ2v) is 26.3. The number of esters is 1. The maximum absolute atomic E-state index is 13.7. The van der Waals surface area contributed by atoms with Crippen LogP contribution in [-0.4, -0.2) is 105 Å². The van der Waals surface area contributed by atoms with E-state index in [0.717, 1.165) is 76.4 Å². The molecule has 3 unspecified atom stereocenters. The Morgan fingerprint density at radius 2 is 1.72 bits per heavy atom. The second-order valence-electron chi connectivity index (χ2n) is 26.3. The molecule has 13 heteroatoms. The molecule has 7 fully saturated rings. The van der Waals surface area contributed by atoms with Crippen molar-refractivity contribution in [3.63, 3.8) is 0 Å². The van der Waals surface area contributed by atoms with Crippen LogP contribution in [-0.2, 0) is 38.0 Å². The first-order valence-corrected chi connectivity index (χ1v) is 28.8. The summed E-state index contributed by atoms with van der Waals surface area (Å²) in [6, 6.07) is 9.25. The number of benzene rings is 1. The molecule has 1 saturated heterocycles. The molecule has 16 atom stereocenters. The van der Waals surface area contributed by atoms with E-state index in [0.29, 0.717) is 69.4 Å². The molecule has 10 rings (SSSR count). The number of alkyl carbamates (subject to hydrolysis) is 1. The van der Waals surface area contributed by atoms with Crippen LogP contribution in [0.5, 0.6) is 0 Å². The Morgan fingerprint density at radius 3 is 2.46 bits per heavy atom. The van der Waals surface area contributed by atoms with E-state index in [1.165, 1.54) is 30.2 Å². The molecule has 9 aliphatic rings. The number of amides is 1. The van der Waals surface area contributed by atoms with E-state index in [4.69, 9.17) is 28.4 Å². The molecule has 2 N–H and O–H groups in total. The van der Waals surface area contributed by atoms with Crippen molar-refractivity contribution in [2.75, 3.05) is 45.4 Å². The summed E-state index contributed by atoms with van der Waals surface area (Å²) in [6.45, 7) is 16.4. The molecule has 1 aromatic carbocycles. The third kappa shape index (κ3) is 9.76. The molecule has 13 nitrogen and oxygen atoms in total. The van der Waals surface area contributed by atoms with Gasteiger partial charge in [0.25, 0.3) is 0 Å². The number of carbonyl (C=O) groups is 4. The topological polar surface area (TPSA) is 162 Å². The minimum atomic E-state index is -0.687. The zero-order valence-electron chi connectivity index (χ0n) is 46.1. The number of ketones is 1. The fourth-order valence-electron chi connectivity index (χ4n) is 17.7. The SMILES string of the molecule is COC(=O)CC[C@@H](C)C1CC[C@H]2[C@@H]3[C@H](OC(=O)OCCCNC(=O)OC(C)(C)C)C[C@@H]4C[C@@H](OCCN(C)c5ccc([C@H]6C[C@]78O[C@@]7(C)CCC8C7CCC8=CC(=O)CCC8=C76)cc5)CC[C@]4(C)[C@H]3C[C@H](O)[C@]12C. The highest BCUT2D eigenvalue weighted by Crippen LogP contribution is 2.73. The smallest absolute Gasteiger partial charge is 0.469 e. The molecule has 408 valence electrons. The maximum Gasteiger partial charge on any atom is 0.508 e. The van der Waals surface area contributed by atoms with Gasteiger partial charge in [0.15, 0.2) is 5.78 Å². The molecule has 8 aliphatic carbocycles. The molecule has 0 radical (unpaired) electrons. The number of rotatable bonds is 15. The van der Waals surface area contributed by atoms with E-state index in [9.17, 15) is 24.3 Å². The quantitative estimate of drug-likeness (QED) is 0.0741. The van der Waals surface area contributed by atoms with E-state index in [1.54, 1.807) is 5.57 Å². The van der Waals surface area contributed by atoms with E-state index < -0.39 is 24.0 Å². The predicted molar refractivity (Wildman–Crippen MR) is 281 cm³/mol. The van der Waals surface area contributed by atoms with Gasteiger partial charge >= 0.3 is 18.2 Å². The number of hydrogen-bond donors (Lipinski definition) is 2. The molecule has 1 heterocycles. The lowest BCUT2D eigenvalue weighted by Crippen LogP contribution is -2.63. The number of likely N-dealkylation sites (N-methyl/N-ethyl adjacent to an activating group) is 1. The molecule has 1 aliphatic heterocycles. The van der Waals surface area contributed by atoms with Gasteiger partial charge in [0.05, 0.1) is 38.1 Å². The predicted octanol–water partition coefficient (Wildman–Crippen LogP) is 11.2. The number of methoxy groups -OCH3 is 1. The van der Waals surface area contributed by atoms with Crippen LogP contribution in [0.4, 0.5) is 15.3 Å². The van der Waals surface area contributed by atoms with Crippen molar-refractivity contribution in [1.82, 2.24) is 5.32 Å². The fraction of sp³-hybridized carbons (Fsp3) is 0.770. The minimum absolute atomic E-state index is 0.00446. The lowest BCUT2D eigenvalue weighted by molar-refractivity contribution is -0.211. The van der Waals surface area contributed by atoms with Gasteiger partial charge < -0.3 is 43.7 Å². The highest BCUT2D eigenvalue weighted by atomic mass is 16.7. The summed E-state index contributed by atoms with van der Waals surface area (Å²) in [5.74, 6) is 2.54. The van der Waals surface area contributed by atoms with Gasteiger partial charge in [-0.25, -0.2) is 9.59 Å². The first-order valence-electron chi connectivity index (χ1n) is 28.8. The van der Waals surface area contributed by atoms with Gasteiger partial charge in [-0.15, -0.1) is 0 Å². The van der Waals surface area contributed by atoms with Gasteiger partial charge in [-0.1, -0.05) is 38.5 Å². The monoisotopic (exact) mass is 1020 g/mol. The lowest BCUT2D eigenvalue weighted by atomic mass is 9.43. The average Bonchev–Trinajstić information content (AvgIpc) is 3.70. The lowest BCUT2D eigenvalue weighted by Gasteiger charge is -2.64. The van der Waals surface area contributed by atoms with Crippen molar-refractivity contribution in [3.05, 3.63) is 52.6 Å². The van der Waals surface area contributed by atoms with Crippen LogP contribution in [0.1, 0.15) is 169 Å². The zero-order valence-corrected chi connectivity index (χ0v) is 46.1. The number of aliphatic hydroxyl groups is 1. The van der Waals surface area contributed by atoms with Crippen LogP contribution in [0, 0.1) is 58.2 Å². The molecule has 0 aromatic heterocycles. The van der Waals surface area contributed by atoms with Gasteiger partial charge in [-0.05, 0) is 211 Å². The minimum Gasteiger partial charge on any atom is -0.469 e. The van der Waals surface area contributed by atoms with E-state index in [-0.39, 0.29) is 88.1 Å². The number of nitrogens with zero attached hydrogens (tertiary/aromatic N) is 1. The number of anilines is 1. The third-order valence-corrected chi connectivity index (χ3v) is 21.5. The third-order valence-electron chi connectivity index (χ3n) is 21.5. The van der Waals surface area contributed by atoms with Gasteiger partial charge in [0, 0.05) is 50.5 Å². The van der Waals surface area contributed by atoms with Crippen LogP contribution >= 0.6 is 0 Å². The summed E-state index contributed by atoms with van der Waals surface area (Å²) in [5, 5.41) is 15.1. The van der Waals surface area contributed by atoms with Crippen LogP contribution in [0.25, 0.3) is 0 Å². The highest BCUT2D eigenvalue weighted by molar-refractivity contribution is 5.93. The number of allylic oxidation sites excluding steroid dienone is 4. The van der Waals surface area contributed by atoms with Crippen molar-refractivity contribution in [2.45, 2.75) is 199 Å². The van der Waals surface area contributed by atoms with Crippen LogP contribution in [0.15, 0.2) is 47.1 Å². The number of fused-ring (bicyclic) bond motifs is 8. The number of nitrogens with one attached hydrogen (secondary N) is 1. The van der Waals surface area contributed by atoms with Crippen LogP contribution < -0.4 is 10.2 Å². The molecule has 1 aromatic rings. The number of hydrogen-bond acceptors (Lipinski definition) is 12. The first kappa shape index (κ1) is 53.5. The molecular weight excluding hydrogens is 937 g/mol. The number of ether oxygens (including phenoxy) is 6. The van der Waals surface area contributed by atoms with Crippen molar-refractivity contribution in [1.29, 1.82) is 0 Å². The Balaban J connectivity index is 0.790. The number of carbonyl (C=O) groups excluding carboxylic acids is 4. The second kappa shape index (κ2) is 20.5. The molecular formula is C61H88N2O11. The van der Waals surface area contributed by atoms with E-state index in [1.807, 2.05) is 26.8 Å². The summed E-state index contributed by atoms with van der Waals surface area (Å²) in [6.07, 6.45) is 14.5. The molecule has 1 spiro atoms. The Morgan fingerprint density at radius 1 is 0.932 bits per heavy atom. The highest BCUT2D eigenvalue weighted by Gasteiger charge is 2.77. The van der Waals surface area contributed by atoms with Gasteiger partial charge in [-0.3, -0.25) is 9.59 Å². The van der Waals surface area contributed by atoms with Crippen molar-refractivity contribution in [3.8, 4) is 0 Å². The summed E-state index contributed by atoms with van der Waals surface area (Å²) >= 11 is 0. The number of epoxide rings is 1. The summed E-state index contributed by atoms with van der Waals surface area (Å²) in [5.41, 5.74) is 5.85. The molecule has 1 amide bonds. The van der Waals surface area contributed by atoms with Gasteiger partial charge in [0.2, 0.25) is 0 Å². The molecule has 6 saturated carbocycles. The van der Waals surface area contributed by atoms with Crippen molar-refractivity contribution < 1.29 is 52.7 Å².